The Morgan fingerprint density at radius 2 is 1.62 bits per heavy atom. The minimum Gasteiger partial charge on any atom is -0.478 e. The lowest BCUT2D eigenvalue weighted by atomic mass is 9.94. The molecule has 1 aliphatic rings. The standard InChI is InChI=1S/C18H31NO5/c1-3-14(2)7-8-16(18(22)23)15(17(20)21)6-4-5-9-19-10-12-24-13-11-19/h14H,3-13H2,1-2H3,(H,20,21)(H,22,23)/b16-15+. The maximum absolute atomic E-state index is 11.5. The van der Waals surface area contributed by atoms with Crippen molar-refractivity contribution in [1.82, 2.24) is 4.90 Å². The predicted octanol–water partition coefficient (Wildman–Crippen LogP) is 2.78. The van der Waals surface area contributed by atoms with Gasteiger partial charge in [0.2, 0.25) is 0 Å². The molecule has 0 aliphatic carbocycles. The summed E-state index contributed by atoms with van der Waals surface area (Å²) in [6, 6.07) is 0. The second-order valence-corrected chi connectivity index (χ2v) is 6.53. The van der Waals surface area contributed by atoms with E-state index >= 15 is 0 Å². The first-order chi connectivity index (χ1) is 11.5. The fraction of sp³-hybridized carbons (Fsp3) is 0.778. The molecule has 1 rings (SSSR count). The predicted molar refractivity (Wildman–Crippen MR) is 92.1 cm³/mol. The van der Waals surface area contributed by atoms with Crippen molar-refractivity contribution in [3.8, 4) is 0 Å². The molecule has 0 bridgehead atoms. The topological polar surface area (TPSA) is 87.1 Å². The van der Waals surface area contributed by atoms with Gasteiger partial charge in [-0.15, -0.1) is 0 Å². The van der Waals surface area contributed by atoms with Crippen molar-refractivity contribution in [2.45, 2.75) is 52.4 Å². The van der Waals surface area contributed by atoms with Crippen molar-refractivity contribution >= 4 is 11.9 Å². The molecule has 6 nitrogen and oxygen atoms in total. The zero-order valence-corrected chi connectivity index (χ0v) is 14.9. The van der Waals surface area contributed by atoms with Crippen molar-refractivity contribution in [3.63, 3.8) is 0 Å². The van der Waals surface area contributed by atoms with Crippen molar-refractivity contribution in [1.29, 1.82) is 0 Å². The maximum atomic E-state index is 11.5. The fourth-order valence-corrected chi connectivity index (χ4v) is 2.83. The van der Waals surface area contributed by atoms with E-state index in [2.05, 4.69) is 18.7 Å². The van der Waals surface area contributed by atoms with Crippen molar-refractivity contribution in [2.24, 2.45) is 5.92 Å². The van der Waals surface area contributed by atoms with Gasteiger partial charge in [0, 0.05) is 24.2 Å². The second kappa shape index (κ2) is 11.2. The van der Waals surface area contributed by atoms with E-state index in [0.717, 1.165) is 45.7 Å². The van der Waals surface area contributed by atoms with Gasteiger partial charge < -0.3 is 14.9 Å². The van der Waals surface area contributed by atoms with Gasteiger partial charge in [-0.3, -0.25) is 4.90 Å². The number of hydrogen-bond acceptors (Lipinski definition) is 4. The number of carbonyl (C=O) groups is 2. The third-order valence-corrected chi connectivity index (χ3v) is 4.72. The summed E-state index contributed by atoms with van der Waals surface area (Å²) in [6.45, 7) is 8.35. The van der Waals surface area contributed by atoms with Crippen LogP contribution in [-0.2, 0) is 14.3 Å². The summed E-state index contributed by atoms with van der Waals surface area (Å²) in [7, 11) is 0. The van der Waals surface area contributed by atoms with Crippen LogP contribution in [0.3, 0.4) is 0 Å². The van der Waals surface area contributed by atoms with Gasteiger partial charge in [0.25, 0.3) is 0 Å². The lowest BCUT2D eigenvalue weighted by Gasteiger charge is -2.26. The summed E-state index contributed by atoms with van der Waals surface area (Å²) in [5.74, 6) is -1.79. The molecule has 0 amide bonds. The van der Waals surface area contributed by atoms with Crippen molar-refractivity contribution < 1.29 is 24.5 Å². The number of hydrogen-bond donors (Lipinski definition) is 2. The molecule has 1 aliphatic heterocycles. The van der Waals surface area contributed by atoms with Crippen LogP contribution in [0.5, 0.6) is 0 Å². The van der Waals surface area contributed by atoms with E-state index in [9.17, 15) is 19.8 Å². The largest absolute Gasteiger partial charge is 0.478 e. The van der Waals surface area contributed by atoms with E-state index < -0.39 is 11.9 Å². The summed E-state index contributed by atoms with van der Waals surface area (Å²) in [4.78, 5) is 25.3. The highest BCUT2D eigenvalue weighted by atomic mass is 16.5. The van der Waals surface area contributed by atoms with Gasteiger partial charge in [-0.2, -0.15) is 0 Å². The van der Waals surface area contributed by atoms with Crippen LogP contribution in [-0.4, -0.2) is 59.9 Å². The monoisotopic (exact) mass is 341 g/mol. The Morgan fingerprint density at radius 1 is 1.04 bits per heavy atom. The molecule has 0 aromatic carbocycles. The summed E-state index contributed by atoms with van der Waals surface area (Å²) in [6.07, 6.45) is 3.89. The average molecular weight is 341 g/mol. The Hall–Kier alpha value is -1.40. The minimum absolute atomic E-state index is 0.0766. The number of nitrogens with zero attached hydrogens (tertiary/aromatic N) is 1. The molecule has 1 unspecified atom stereocenters. The summed E-state index contributed by atoms with van der Waals surface area (Å²) >= 11 is 0. The molecule has 24 heavy (non-hydrogen) atoms. The lowest BCUT2D eigenvalue weighted by Crippen LogP contribution is -2.36. The number of morpholine rings is 1. The SMILES string of the molecule is CCC(C)CC/C(C(=O)O)=C(/CCCCN1CCOCC1)C(=O)O. The Kier molecular flexibility index (Phi) is 9.64. The molecule has 1 heterocycles. The number of aliphatic carboxylic acids is 2. The molecule has 1 saturated heterocycles. The van der Waals surface area contributed by atoms with Gasteiger partial charge in [0.15, 0.2) is 0 Å². The first kappa shape index (κ1) is 20.6. The molecule has 1 fully saturated rings. The van der Waals surface area contributed by atoms with Gasteiger partial charge in [0.05, 0.1) is 13.2 Å². The van der Waals surface area contributed by atoms with E-state index in [1.54, 1.807) is 0 Å². The average Bonchev–Trinajstić information content (AvgIpc) is 2.56. The van der Waals surface area contributed by atoms with Crippen molar-refractivity contribution in [2.75, 3.05) is 32.8 Å². The summed E-state index contributed by atoms with van der Waals surface area (Å²) in [5.41, 5.74) is 0.155. The zero-order chi connectivity index (χ0) is 17.9. The number of carboxylic acid groups (broad SMARTS) is 2. The summed E-state index contributed by atoms with van der Waals surface area (Å²) < 4.78 is 5.30. The summed E-state index contributed by atoms with van der Waals surface area (Å²) in [5, 5.41) is 18.8. The number of rotatable bonds is 11. The highest BCUT2D eigenvalue weighted by Crippen LogP contribution is 2.21. The fourth-order valence-electron chi connectivity index (χ4n) is 2.83. The zero-order valence-electron chi connectivity index (χ0n) is 14.9. The molecule has 138 valence electrons. The molecular formula is C18H31NO5. The highest BCUT2D eigenvalue weighted by Gasteiger charge is 2.20. The van der Waals surface area contributed by atoms with Gasteiger partial charge in [-0.05, 0) is 44.6 Å². The molecule has 6 heteroatoms. The van der Waals surface area contributed by atoms with E-state index in [4.69, 9.17) is 4.74 Å². The molecule has 0 saturated carbocycles. The van der Waals surface area contributed by atoms with E-state index in [-0.39, 0.29) is 11.1 Å². The smallest absolute Gasteiger partial charge is 0.332 e. The number of unbranched alkanes of at least 4 members (excludes halogenated alkanes) is 1. The molecule has 1 atom stereocenters. The molecular weight excluding hydrogens is 310 g/mol. The van der Waals surface area contributed by atoms with Crippen molar-refractivity contribution in [3.05, 3.63) is 11.1 Å². The molecule has 0 aromatic heterocycles. The van der Waals surface area contributed by atoms with Crippen LogP contribution in [0.15, 0.2) is 11.1 Å². The van der Waals surface area contributed by atoms with E-state index in [1.807, 2.05) is 0 Å². The Labute approximate surface area is 144 Å². The van der Waals surface area contributed by atoms with Gasteiger partial charge in [-0.1, -0.05) is 20.3 Å². The van der Waals surface area contributed by atoms with Crippen LogP contribution in [0.25, 0.3) is 0 Å². The van der Waals surface area contributed by atoms with Gasteiger partial charge >= 0.3 is 11.9 Å². The normalized spacial score (nSPS) is 18.1. The molecule has 2 N–H and O–H groups in total. The molecule has 0 radical (unpaired) electrons. The molecule has 0 aromatic rings. The van der Waals surface area contributed by atoms with Crippen LogP contribution in [0, 0.1) is 5.92 Å². The first-order valence-corrected chi connectivity index (χ1v) is 8.94. The van der Waals surface area contributed by atoms with Crippen LogP contribution < -0.4 is 0 Å². The van der Waals surface area contributed by atoms with E-state index in [1.165, 1.54) is 0 Å². The Morgan fingerprint density at radius 3 is 2.17 bits per heavy atom. The highest BCUT2D eigenvalue weighted by molar-refractivity contribution is 5.98. The van der Waals surface area contributed by atoms with Gasteiger partial charge in [-0.25, -0.2) is 9.59 Å². The minimum atomic E-state index is -1.09. The van der Waals surface area contributed by atoms with Gasteiger partial charge in [0.1, 0.15) is 0 Å². The van der Waals surface area contributed by atoms with Crippen LogP contribution in [0.4, 0.5) is 0 Å². The third-order valence-electron chi connectivity index (χ3n) is 4.72. The van der Waals surface area contributed by atoms with Crippen LogP contribution >= 0.6 is 0 Å². The van der Waals surface area contributed by atoms with Crippen LogP contribution in [0.1, 0.15) is 52.4 Å². The maximum Gasteiger partial charge on any atom is 0.332 e. The lowest BCUT2D eigenvalue weighted by molar-refractivity contribution is -0.136. The number of ether oxygens (including phenoxy) is 1. The molecule has 0 spiro atoms. The quantitative estimate of drug-likeness (QED) is 0.444. The number of carboxylic acids is 2. The van der Waals surface area contributed by atoms with Crippen LogP contribution in [0.2, 0.25) is 0 Å². The third kappa shape index (κ3) is 7.45. The van der Waals surface area contributed by atoms with E-state index in [0.29, 0.717) is 31.6 Å². The Bertz CT molecular complexity index is 441. The second-order valence-electron chi connectivity index (χ2n) is 6.53. The first-order valence-electron chi connectivity index (χ1n) is 8.94. The Balaban J connectivity index is 2.56.